The monoisotopic (exact) mass is 319 g/mol. The molecule has 0 aliphatic carbocycles. The van der Waals surface area contributed by atoms with Gasteiger partial charge in [0.15, 0.2) is 0 Å². The predicted octanol–water partition coefficient (Wildman–Crippen LogP) is 2.79. The minimum absolute atomic E-state index is 0.249. The lowest BCUT2D eigenvalue weighted by molar-refractivity contribution is 0.0981. The van der Waals surface area contributed by atoms with Gasteiger partial charge in [-0.2, -0.15) is 0 Å². The van der Waals surface area contributed by atoms with Gasteiger partial charge in [0.25, 0.3) is 5.91 Å². The molecule has 2 aromatic rings. The first-order chi connectivity index (χ1) is 10.2. The van der Waals surface area contributed by atoms with Gasteiger partial charge in [0.1, 0.15) is 11.5 Å². The minimum atomic E-state index is -3.57. The summed E-state index contributed by atoms with van der Waals surface area (Å²) in [6.45, 7) is 3.92. The Morgan fingerprint density at radius 3 is 2.27 bits per heavy atom. The molecule has 2 rings (SSSR count). The van der Waals surface area contributed by atoms with Crippen molar-refractivity contribution in [2.75, 3.05) is 6.26 Å². The molecular weight excluding hydrogens is 302 g/mol. The van der Waals surface area contributed by atoms with Crippen molar-refractivity contribution in [1.82, 2.24) is 4.72 Å². The zero-order valence-electron chi connectivity index (χ0n) is 12.6. The van der Waals surface area contributed by atoms with Crippen LogP contribution in [0.2, 0.25) is 0 Å². The molecule has 0 bridgehead atoms. The van der Waals surface area contributed by atoms with E-state index in [9.17, 15) is 13.2 Å². The summed E-state index contributed by atoms with van der Waals surface area (Å²) in [7, 11) is -3.57. The largest absolute Gasteiger partial charge is 0.457 e. The SMILES string of the molecule is Cc1ccc(C)c(Oc2ccc(C(=O)NS(C)(=O)=O)cc2)c1. The summed E-state index contributed by atoms with van der Waals surface area (Å²) in [5, 5.41) is 0. The Labute approximate surface area is 130 Å². The van der Waals surface area contributed by atoms with Crippen LogP contribution in [-0.4, -0.2) is 20.6 Å². The molecule has 1 amide bonds. The van der Waals surface area contributed by atoms with Crippen molar-refractivity contribution in [3.63, 3.8) is 0 Å². The number of nitrogens with one attached hydrogen (secondary N) is 1. The molecule has 0 aromatic heterocycles. The van der Waals surface area contributed by atoms with Crippen molar-refractivity contribution in [3.8, 4) is 11.5 Å². The Bertz CT molecular complexity index is 795. The van der Waals surface area contributed by atoms with Gasteiger partial charge in [-0.1, -0.05) is 12.1 Å². The van der Waals surface area contributed by atoms with E-state index in [-0.39, 0.29) is 5.56 Å². The summed E-state index contributed by atoms with van der Waals surface area (Å²) in [6, 6.07) is 12.2. The maximum atomic E-state index is 11.7. The predicted molar refractivity (Wildman–Crippen MR) is 84.7 cm³/mol. The molecule has 0 heterocycles. The number of hydrogen-bond donors (Lipinski definition) is 1. The third kappa shape index (κ3) is 4.33. The number of sulfonamides is 1. The number of carbonyl (C=O) groups excluding carboxylic acids is 1. The van der Waals surface area contributed by atoms with Crippen molar-refractivity contribution in [3.05, 3.63) is 59.2 Å². The quantitative estimate of drug-likeness (QED) is 0.940. The lowest BCUT2D eigenvalue weighted by Gasteiger charge is -2.10. The summed E-state index contributed by atoms with van der Waals surface area (Å²) in [4.78, 5) is 11.7. The zero-order valence-corrected chi connectivity index (χ0v) is 13.4. The summed E-state index contributed by atoms with van der Waals surface area (Å²) in [5.74, 6) is 0.652. The van der Waals surface area contributed by atoms with E-state index >= 15 is 0 Å². The van der Waals surface area contributed by atoms with E-state index in [1.807, 2.05) is 36.8 Å². The van der Waals surface area contributed by atoms with E-state index < -0.39 is 15.9 Å². The van der Waals surface area contributed by atoms with Crippen LogP contribution in [0.5, 0.6) is 11.5 Å². The van der Waals surface area contributed by atoms with Crippen molar-refractivity contribution in [2.24, 2.45) is 0 Å². The van der Waals surface area contributed by atoms with Gasteiger partial charge in [0.05, 0.1) is 6.26 Å². The Kier molecular flexibility index (Phi) is 4.51. The second-order valence-corrected chi connectivity index (χ2v) is 6.85. The van der Waals surface area contributed by atoms with Gasteiger partial charge in [0.2, 0.25) is 10.0 Å². The van der Waals surface area contributed by atoms with Crippen LogP contribution in [0.4, 0.5) is 0 Å². The standard InChI is InChI=1S/C16H17NO4S/c1-11-4-5-12(2)15(10-11)21-14-8-6-13(7-9-14)16(18)17-22(3,19)20/h4-10H,1-3H3,(H,17,18). The van der Waals surface area contributed by atoms with Crippen molar-refractivity contribution in [1.29, 1.82) is 0 Å². The zero-order chi connectivity index (χ0) is 16.3. The number of carbonyl (C=O) groups is 1. The molecule has 22 heavy (non-hydrogen) atoms. The molecular formula is C16H17NO4S. The van der Waals surface area contributed by atoms with Crippen LogP contribution in [-0.2, 0) is 10.0 Å². The average Bonchev–Trinajstić information content (AvgIpc) is 2.42. The Balaban J connectivity index is 2.15. The van der Waals surface area contributed by atoms with E-state index in [1.165, 1.54) is 12.1 Å². The number of amides is 1. The fraction of sp³-hybridized carbons (Fsp3) is 0.188. The van der Waals surface area contributed by atoms with E-state index in [1.54, 1.807) is 12.1 Å². The highest BCUT2D eigenvalue weighted by Gasteiger charge is 2.11. The molecule has 6 heteroatoms. The second kappa shape index (κ2) is 6.19. The van der Waals surface area contributed by atoms with Crippen LogP contribution >= 0.6 is 0 Å². The second-order valence-electron chi connectivity index (χ2n) is 5.10. The summed E-state index contributed by atoms with van der Waals surface area (Å²) >= 11 is 0. The molecule has 0 saturated carbocycles. The van der Waals surface area contributed by atoms with Crippen LogP contribution in [0, 0.1) is 13.8 Å². The highest BCUT2D eigenvalue weighted by Crippen LogP contribution is 2.26. The van der Waals surface area contributed by atoms with Gasteiger partial charge in [-0.3, -0.25) is 4.79 Å². The average molecular weight is 319 g/mol. The Morgan fingerprint density at radius 2 is 1.68 bits per heavy atom. The lowest BCUT2D eigenvalue weighted by atomic mass is 10.1. The van der Waals surface area contributed by atoms with E-state index in [0.29, 0.717) is 5.75 Å². The molecule has 0 saturated heterocycles. The summed E-state index contributed by atoms with van der Waals surface area (Å²) in [6.07, 6.45) is 0.933. The summed E-state index contributed by atoms with van der Waals surface area (Å²) in [5.41, 5.74) is 2.34. The first kappa shape index (κ1) is 16.0. The van der Waals surface area contributed by atoms with E-state index in [0.717, 1.165) is 23.1 Å². The lowest BCUT2D eigenvalue weighted by Crippen LogP contribution is -2.29. The summed E-state index contributed by atoms with van der Waals surface area (Å²) < 4.78 is 29.8. The molecule has 5 nitrogen and oxygen atoms in total. The molecule has 0 aliphatic heterocycles. The van der Waals surface area contributed by atoms with Crippen LogP contribution in [0.15, 0.2) is 42.5 Å². The highest BCUT2D eigenvalue weighted by molar-refractivity contribution is 7.89. The molecule has 0 unspecified atom stereocenters. The number of benzene rings is 2. The molecule has 2 aromatic carbocycles. The third-order valence-corrected chi connectivity index (χ3v) is 3.52. The molecule has 0 radical (unpaired) electrons. The molecule has 0 spiro atoms. The highest BCUT2D eigenvalue weighted by atomic mass is 32.2. The minimum Gasteiger partial charge on any atom is -0.457 e. The number of hydrogen-bond acceptors (Lipinski definition) is 4. The van der Waals surface area contributed by atoms with Crippen LogP contribution in [0.3, 0.4) is 0 Å². The van der Waals surface area contributed by atoms with Crippen LogP contribution < -0.4 is 9.46 Å². The number of aryl methyl sites for hydroxylation is 2. The van der Waals surface area contributed by atoms with Gasteiger partial charge >= 0.3 is 0 Å². The van der Waals surface area contributed by atoms with Crippen molar-refractivity contribution >= 4 is 15.9 Å². The smallest absolute Gasteiger partial charge is 0.264 e. The van der Waals surface area contributed by atoms with E-state index in [2.05, 4.69) is 0 Å². The van der Waals surface area contributed by atoms with Crippen LogP contribution in [0.1, 0.15) is 21.5 Å². The molecule has 0 atom stereocenters. The van der Waals surface area contributed by atoms with Crippen molar-refractivity contribution in [2.45, 2.75) is 13.8 Å². The maximum absolute atomic E-state index is 11.7. The van der Waals surface area contributed by atoms with Gasteiger partial charge in [-0.25, -0.2) is 13.1 Å². The number of rotatable bonds is 4. The fourth-order valence-corrected chi connectivity index (χ4v) is 2.30. The molecule has 0 aliphatic rings. The Hall–Kier alpha value is -2.34. The Morgan fingerprint density at radius 1 is 1.05 bits per heavy atom. The van der Waals surface area contributed by atoms with E-state index in [4.69, 9.17) is 4.74 Å². The fourth-order valence-electron chi connectivity index (χ4n) is 1.85. The first-order valence-corrected chi connectivity index (χ1v) is 8.51. The maximum Gasteiger partial charge on any atom is 0.264 e. The van der Waals surface area contributed by atoms with Crippen molar-refractivity contribution < 1.29 is 17.9 Å². The topological polar surface area (TPSA) is 72.5 Å². The van der Waals surface area contributed by atoms with Crippen LogP contribution in [0.25, 0.3) is 0 Å². The normalized spacial score (nSPS) is 11.0. The van der Waals surface area contributed by atoms with Gasteiger partial charge in [0, 0.05) is 5.56 Å². The van der Waals surface area contributed by atoms with Gasteiger partial charge in [-0.15, -0.1) is 0 Å². The molecule has 0 fully saturated rings. The molecule has 116 valence electrons. The third-order valence-electron chi connectivity index (χ3n) is 2.97. The van der Waals surface area contributed by atoms with Gasteiger partial charge in [-0.05, 0) is 55.3 Å². The molecule has 1 N–H and O–H groups in total. The van der Waals surface area contributed by atoms with Gasteiger partial charge < -0.3 is 4.74 Å². The first-order valence-electron chi connectivity index (χ1n) is 6.62. The number of ether oxygens (including phenoxy) is 1.